The van der Waals surface area contributed by atoms with Gasteiger partial charge in [0.15, 0.2) is 5.69 Å². The van der Waals surface area contributed by atoms with Crippen molar-refractivity contribution in [3.63, 3.8) is 0 Å². The largest absolute Gasteiger partial charge is 0.477 e. The highest BCUT2D eigenvalue weighted by Gasteiger charge is 2.33. The standard InChI is InChI=1S/C15H16F3N3O2.C12H9F3N2O2.C11H7F3N2O2/c1-3-7-19-12-11(20-21(2)13(12)14(22)23)9-5-4-6-10(8-9)15(16,17)18;1-17-10(11(18)19)6-9(16-17)7-3-2-4-8(5-7)12(13,14)15;12-11(13,14)7-3-1-6(2-4-7)8-5-9(10(17)18)16-15-8/h4-6,8,19H,3,7H2,1-2H3,(H,22,23);2-6H,1H3,(H,18,19);1-5H,(H,15,16)(H,17,18). The molecule has 0 aliphatic heterocycles. The second-order valence-electron chi connectivity index (χ2n) is 12.5. The van der Waals surface area contributed by atoms with E-state index in [0.29, 0.717) is 12.1 Å². The molecule has 0 atom stereocenters. The number of aromatic carboxylic acids is 3. The molecular formula is C38H32F9N7O6. The van der Waals surface area contributed by atoms with Gasteiger partial charge >= 0.3 is 36.4 Å². The van der Waals surface area contributed by atoms with E-state index in [0.717, 1.165) is 52.2 Å². The van der Waals surface area contributed by atoms with Crippen molar-refractivity contribution in [3.8, 4) is 33.8 Å². The van der Waals surface area contributed by atoms with Gasteiger partial charge in [-0.2, -0.15) is 54.8 Å². The van der Waals surface area contributed by atoms with Crippen LogP contribution in [0.3, 0.4) is 0 Å². The molecule has 3 aromatic heterocycles. The second-order valence-corrected chi connectivity index (χ2v) is 12.5. The third-order valence-electron chi connectivity index (χ3n) is 8.17. The first-order valence-corrected chi connectivity index (χ1v) is 17.0. The van der Waals surface area contributed by atoms with Crippen LogP contribution >= 0.6 is 0 Å². The summed E-state index contributed by atoms with van der Waals surface area (Å²) in [6, 6.07) is 16.1. The van der Waals surface area contributed by atoms with Crippen LogP contribution in [0, 0.1) is 0 Å². The van der Waals surface area contributed by atoms with E-state index in [2.05, 4.69) is 25.7 Å². The maximum absolute atomic E-state index is 12.9. The quantitative estimate of drug-likeness (QED) is 0.0878. The van der Waals surface area contributed by atoms with E-state index in [4.69, 9.17) is 10.2 Å². The summed E-state index contributed by atoms with van der Waals surface area (Å²) in [5.41, 5.74) is -0.959. The molecule has 0 unspecified atom stereocenters. The van der Waals surface area contributed by atoms with Crippen LogP contribution in [0.2, 0.25) is 0 Å². The maximum Gasteiger partial charge on any atom is 0.416 e. The molecule has 0 radical (unpaired) electrons. The number of nitrogens with zero attached hydrogens (tertiary/aromatic N) is 5. The van der Waals surface area contributed by atoms with Crippen molar-refractivity contribution in [3.05, 3.63) is 119 Å². The maximum atomic E-state index is 12.9. The van der Waals surface area contributed by atoms with E-state index >= 15 is 0 Å². The van der Waals surface area contributed by atoms with Crippen molar-refractivity contribution < 1.29 is 69.2 Å². The van der Waals surface area contributed by atoms with E-state index in [1.54, 1.807) is 0 Å². The summed E-state index contributed by atoms with van der Waals surface area (Å²) in [4.78, 5) is 32.9. The fraction of sp³-hybridized carbons (Fsp3) is 0.211. The lowest BCUT2D eigenvalue weighted by molar-refractivity contribution is -0.138. The average Bonchev–Trinajstić information content (AvgIpc) is 3.91. The number of aromatic amines is 1. The minimum Gasteiger partial charge on any atom is -0.477 e. The number of carboxylic acid groups (broad SMARTS) is 3. The van der Waals surface area contributed by atoms with Crippen LogP contribution in [-0.2, 0) is 32.6 Å². The number of halogens is 9. The molecule has 6 rings (SSSR count). The minimum absolute atomic E-state index is 0.0904. The molecule has 13 nitrogen and oxygen atoms in total. The monoisotopic (exact) mass is 853 g/mol. The number of carbonyl (C=O) groups is 3. The molecule has 3 heterocycles. The highest BCUT2D eigenvalue weighted by Crippen LogP contribution is 2.36. The Morgan fingerprint density at radius 2 is 1.18 bits per heavy atom. The number of rotatable bonds is 9. The Morgan fingerprint density at radius 1 is 0.633 bits per heavy atom. The first kappa shape index (κ1) is 45.6. The van der Waals surface area contributed by atoms with Gasteiger partial charge < -0.3 is 20.6 Å². The highest BCUT2D eigenvalue weighted by atomic mass is 19.4. The Morgan fingerprint density at radius 3 is 1.65 bits per heavy atom. The lowest BCUT2D eigenvalue weighted by Gasteiger charge is -2.10. The fourth-order valence-electron chi connectivity index (χ4n) is 5.30. The molecule has 0 aliphatic rings. The first-order chi connectivity index (χ1) is 27.9. The topological polar surface area (TPSA) is 188 Å². The van der Waals surface area contributed by atoms with Crippen LogP contribution in [0.15, 0.2) is 84.9 Å². The fourth-order valence-corrected chi connectivity index (χ4v) is 5.30. The van der Waals surface area contributed by atoms with Gasteiger partial charge in [0.05, 0.1) is 33.8 Å². The Labute approximate surface area is 332 Å². The minimum atomic E-state index is -4.47. The lowest BCUT2D eigenvalue weighted by atomic mass is 10.1. The van der Waals surface area contributed by atoms with Crippen LogP contribution in [0.1, 0.15) is 61.5 Å². The van der Waals surface area contributed by atoms with Gasteiger partial charge in [-0.15, -0.1) is 0 Å². The zero-order chi connectivity index (χ0) is 44.7. The number of H-pyrrole nitrogens is 1. The van der Waals surface area contributed by atoms with Crippen molar-refractivity contribution in [2.75, 3.05) is 11.9 Å². The third-order valence-corrected chi connectivity index (χ3v) is 8.17. The lowest BCUT2D eigenvalue weighted by Crippen LogP contribution is -2.10. The van der Waals surface area contributed by atoms with E-state index in [1.165, 1.54) is 62.6 Å². The van der Waals surface area contributed by atoms with E-state index in [9.17, 15) is 59.0 Å². The van der Waals surface area contributed by atoms with Crippen molar-refractivity contribution in [1.29, 1.82) is 0 Å². The zero-order valence-electron chi connectivity index (χ0n) is 31.2. The number of hydrogen-bond acceptors (Lipinski definition) is 7. The summed E-state index contributed by atoms with van der Waals surface area (Å²) in [6.45, 7) is 2.38. The van der Waals surface area contributed by atoms with Gasteiger partial charge in [-0.3, -0.25) is 14.5 Å². The average molecular weight is 854 g/mol. The summed E-state index contributed by atoms with van der Waals surface area (Å²) < 4.78 is 116. The number of anilines is 1. The number of hydrogen-bond donors (Lipinski definition) is 5. The molecule has 6 aromatic rings. The molecule has 5 N–H and O–H groups in total. The number of alkyl halides is 9. The van der Waals surface area contributed by atoms with E-state index < -0.39 is 53.1 Å². The van der Waals surface area contributed by atoms with Crippen LogP contribution in [0.5, 0.6) is 0 Å². The van der Waals surface area contributed by atoms with Crippen LogP contribution < -0.4 is 5.32 Å². The van der Waals surface area contributed by atoms with Gasteiger partial charge in [0, 0.05) is 37.3 Å². The summed E-state index contributed by atoms with van der Waals surface area (Å²) in [7, 11) is 2.86. The molecular weight excluding hydrogens is 821 g/mol. The second kappa shape index (κ2) is 18.2. The molecule has 0 fully saturated rings. The zero-order valence-corrected chi connectivity index (χ0v) is 31.2. The van der Waals surface area contributed by atoms with E-state index in [-0.39, 0.29) is 51.0 Å². The van der Waals surface area contributed by atoms with Crippen LogP contribution in [0.25, 0.3) is 33.8 Å². The first-order valence-electron chi connectivity index (χ1n) is 17.0. The van der Waals surface area contributed by atoms with Crippen molar-refractivity contribution in [1.82, 2.24) is 29.8 Å². The SMILES string of the molecule is CCCNc1c(-c2cccc(C(F)(F)F)c2)nn(C)c1C(=O)O.Cn1nc(-c2cccc(C(F)(F)F)c2)cc1C(=O)O.O=C(O)c1cc(-c2ccc(C(F)(F)F)cc2)n[nH]1. The van der Waals surface area contributed by atoms with Crippen molar-refractivity contribution in [2.45, 2.75) is 31.9 Å². The summed E-state index contributed by atoms with van der Waals surface area (Å²) in [5, 5.41) is 43.8. The summed E-state index contributed by atoms with van der Waals surface area (Å²) in [6.07, 6.45) is -12.6. The Hall–Kier alpha value is -7.13. The molecule has 22 heteroatoms. The van der Waals surface area contributed by atoms with Gasteiger partial charge in [-0.25, -0.2) is 14.4 Å². The Kier molecular flexibility index (Phi) is 13.8. The Bertz CT molecular complexity index is 2470. The molecule has 0 saturated heterocycles. The summed E-state index contributed by atoms with van der Waals surface area (Å²) >= 11 is 0. The van der Waals surface area contributed by atoms with Gasteiger partial charge in [0.1, 0.15) is 17.1 Å². The molecule has 60 heavy (non-hydrogen) atoms. The molecule has 0 amide bonds. The molecule has 0 aliphatic carbocycles. The predicted octanol–water partition coefficient (Wildman–Crippen LogP) is 9.22. The summed E-state index contributed by atoms with van der Waals surface area (Å²) in [5.74, 6) is -3.56. The number of aromatic nitrogens is 6. The smallest absolute Gasteiger partial charge is 0.416 e. The van der Waals surface area contributed by atoms with Gasteiger partial charge in [0.25, 0.3) is 0 Å². The third kappa shape index (κ3) is 11.3. The molecule has 0 bridgehead atoms. The Balaban J connectivity index is 0.000000200. The molecule has 3 aromatic carbocycles. The number of aryl methyl sites for hydroxylation is 2. The van der Waals surface area contributed by atoms with Gasteiger partial charge in [0.2, 0.25) is 0 Å². The van der Waals surface area contributed by atoms with Gasteiger partial charge in [-0.05, 0) is 55.0 Å². The van der Waals surface area contributed by atoms with Crippen LogP contribution in [0.4, 0.5) is 45.2 Å². The normalized spacial score (nSPS) is 11.5. The molecule has 318 valence electrons. The number of benzene rings is 3. The van der Waals surface area contributed by atoms with Crippen LogP contribution in [-0.4, -0.2) is 69.5 Å². The molecule has 0 saturated carbocycles. The highest BCUT2D eigenvalue weighted by molar-refractivity contribution is 5.97. The molecule has 0 spiro atoms. The van der Waals surface area contributed by atoms with Crippen molar-refractivity contribution in [2.24, 2.45) is 14.1 Å². The van der Waals surface area contributed by atoms with E-state index in [1.807, 2.05) is 6.92 Å². The number of nitrogens with one attached hydrogen (secondary N) is 2. The van der Waals surface area contributed by atoms with Gasteiger partial charge in [-0.1, -0.05) is 43.3 Å². The predicted molar refractivity (Wildman–Crippen MR) is 196 cm³/mol. The van der Waals surface area contributed by atoms with Crippen molar-refractivity contribution >= 4 is 23.6 Å². The number of carboxylic acids is 3.